The van der Waals surface area contributed by atoms with E-state index in [0.29, 0.717) is 6.54 Å². The summed E-state index contributed by atoms with van der Waals surface area (Å²) >= 11 is 0. The Morgan fingerprint density at radius 3 is 2.67 bits per heavy atom. The minimum absolute atomic E-state index is 0.0611. The molecule has 2 saturated heterocycles. The van der Waals surface area contributed by atoms with Gasteiger partial charge in [-0.3, -0.25) is 4.79 Å². The van der Waals surface area contributed by atoms with Crippen molar-refractivity contribution in [3.05, 3.63) is 29.8 Å². The van der Waals surface area contributed by atoms with E-state index < -0.39 is 0 Å². The van der Waals surface area contributed by atoms with Gasteiger partial charge in [0.25, 0.3) is 5.91 Å². The lowest BCUT2D eigenvalue weighted by molar-refractivity contribution is -0.120. The van der Waals surface area contributed by atoms with Crippen LogP contribution in [0.1, 0.15) is 24.8 Å². The summed E-state index contributed by atoms with van der Waals surface area (Å²) in [5.74, 6) is -0.0611. The van der Waals surface area contributed by atoms with Crippen LogP contribution < -0.4 is 4.90 Å². The highest BCUT2D eigenvalue weighted by Crippen LogP contribution is 2.31. The highest BCUT2D eigenvalue weighted by atomic mass is 16.2. The number of hydrogen-bond acceptors (Lipinski definition) is 2. The van der Waals surface area contributed by atoms with E-state index in [-0.39, 0.29) is 18.0 Å². The number of fused-ring (bicyclic) bond motifs is 1. The summed E-state index contributed by atoms with van der Waals surface area (Å²) in [5.41, 5.74) is 1.68. The van der Waals surface area contributed by atoms with Crippen molar-refractivity contribution in [3.8, 4) is 0 Å². The summed E-state index contributed by atoms with van der Waals surface area (Å²) < 4.78 is 0. The number of para-hydroxylation sites is 1. The molecule has 0 radical (unpaired) electrons. The van der Waals surface area contributed by atoms with Crippen molar-refractivity contribution in [2.45, 2.75) is 32.2 Å². The van der Waals surface area contributed by atoms with Crippen molar-refractivity contribution < 1.29 is 9.59 Å². The zero-order valence-electron chi connectivity index (χ0n) is 10.4. The zero-order chi connectivity index (χ0) is 12.7. The van der Waals surface area contributed by atoms with Crippen molar-refractivity contribution in [1.29, 1.82) is 0 Å². The first-order valence-corrected chi connectivity index (χ1v) is 6.40. The highest BCUT2D eigenvalue weighted by Gasteiger charge is 2.46. The molecule has 18 heavy (non-hydrogen) atoms. The first-order chi connectivity index (χ1) is 8.70. The van der Waals surface area contributed by atoms with Gasteiger partial charge in [-0.25, -0.2) is 9.69 Å². The molecule has 1 aromatic carbocycles. The van der Waals surface area contributed by atoms with Gasteiger partial charge >= 0.3 is 6.03 Å². The number of urea groups is 1. The molecule has 1 atom stereocenters. The van der Waals surface area contributed by atoms with Gasteiger partial charge in [0.2, 0.25) is 0 Å². The number of carbonyl (C=O) groups excluding carboxylic acids is 2. The van der Waals surface area contributed by atoms with Crippen LogP contribution in [0.25, 0.3) is 0 Å². The summed E-state index contributed by atoms with van der Waals surface area (Å²) in [5, 5.41) is 0. The molecule has 4 heteroatoms. The smallest absolute Gasteiger partial charge is 0.312 e. The minimum Gasteiger partial charge on any atom is -0.312 e. The largest absolute Gasteiger partial charge is 0.332 e. The molecule has 0 bridgehead atoms. The van der Waals surface area contributed by atoms with Crippen LogP contribution in [-0.2, 0) is 4.79 Å². The fourth-order valence-corrected chi connectivity index (χ4v) is 2.83. The topological polar surface area (TPSA) is 40.6 Å². The van der Waals surface area contributed by atoms with E-state index in [4.69, 9.17) is 0 Å². The van der Waals surface area contributed by atoms with Crippen LogP contribution in [0.15, 0.2) is 24.3 Å². The van der Waals surface area contributed by atoms with Gasteiger partial charge in [0.1, 0.15) is 6.04 Å². The summed E-state index contributed by atoms with van der Waals surface area (Å²) in [6.07, 6.45) is 2.83. The van der Waals surface area contributed by atoms with Gasteiger partial charge in [-0.05, 0) is 37.8 Å². The number of benzene rings is 1. The molecule has 2 aliphatic rings. The molecule has 4 nitrogen and oxygen atoms in total. The SMILES string of the molecule is Cc1ccccc1N1C(=O)[C@@H]2CCCCN2C1=O. The second-order valence-electron chi connectivity index (χ2n) is 4.95. The lowest BCUT2D eigenvalue weighted by Crippen LogP contribution is -2.39. The second-order valence-corrected chi connectivity index (χ2v) is 4.95. The number of imide groups is 1. The maximum Gasteiger partial charge on any atom is 0.332 e. The third kappa shape index (κ3) is 1.52. The first kappa shape index (κ1) is 11.3. The molecule has 94 valence electrons. The van der Waals surface area contributed by atoms with E-state index in [9.17, 15) is 9.59 Å². The Hall–Kier alpha value is -1.84. The average Bonchev–Trinajstić information content (AvgIpc) is 2.64. The molecule has 3 amide bonds. The van der Waals surface area contributed by atoms with Crippen LogP contribution in [0, 0.1) is 6.92 Å². The molecular formula is C14H16N2O2. The number of rotatable bonds is 1. The quantitative estimate of drug-likeness (QED) is 0.711. The van der Waals surface area contributed by atoms with Gasteiger partial charge < -0.3 is 4.90 Å². The normalized spacial score (nSPS) is 23.5. The van der Waals surface area contributed by atoms with Crippen LogP contribution in [-0.4, -0.2) is 29.4 Å². The average molecular weight is 244 g/mol. The van der Waals surface area contributed by atoms with Crippen LogP contribution >= 0.6 is 0 Å². The van der Waals surface area contributed by atoms with Crippen molar-refractivity contribution in [2.24, 2.45) is 0 Å². The van der Waals surface area contributed by atoms with Gasteiger partial charge in [-0.1, -0.05) is 18.2 Å². The maximum atomic E-state index is 12.4. The Balaban J connectivity index is 2.00. The number of piperidine rings is 1. The van der Waals surface area contributed by atoms with Gasteiger partial charge in [0.15, 0.2) is 0 Å². The van der Waals surface area contributed by atoms with Crippen molar-refractivity contribution in [2.75, 3.05) is 11.4 Å². The standard InChI is InChI=1S/C14H16N2O2/c1-10-6-2-3-7-11(10)16-13(17)12-8-4-5-9-15(12)14(16)18/h2-3,6-7,12H,4-5,8-9H2,1H3/t12-/m0/s1. The van der Waals surface area contributed by atoms with E-state index in [0.717, 1.165) is 30.5 Å². The van der Waals surface area contributed by atoms with E-state index in [1.54, 1.807) is 4.90 Å². The number of anilines is 1. The van der Waals surface area contributed by atoms with E-state index >= 15 is 0 Å². The Bertz CT molecular complexity index is 488. The predicted octanol–water partition coefficient (Wildman–Crippen LogP) is 2.32. The molecule has 1 aromatic rings. The van der Waals surface area contributed by atoms with Crippen molar-refractivity contribution in [1.82, 2.24) is 4.90 Å². The highest BCUT2D eigenvalue weighted by molar-refractivity contribution is 6.21. The van der Waals surface area contributed by atoms with Crippen LogP contribution in [0.4, 0.5) is 10.5 Å². The number of amides is 3. The summed E-state index contributed by atoms with van der Waals surface area (Å²) in [7, 11) is 0. The Morgan fingerprint density at radius 2 is 1.94 bits per heavy atom. The van der Waals surface area contributed by atoms with E-state index in [2.05, 4.69) is 0 Å². The summed E-state index contributed by atoms with van der Waals surface area (Å²) in [6.45, 7) is 2.63. The number of nitrogens with zero attached hydrogens (tertiary/aromatic N) is 2. The zero-order valence-corrected chi connectivity index (χ0v) is 10.4. The Labute approximate surface area is 106 Å². The maximum absolute atomic E-state index is 12.4. The number of aryl methyl sites for hydroxylation is 1. The minimum atomic E-state index is -0.231. The molecule has 0 spiro atoms. The lowest BCUT2D eigenvalue weighted by Gasteiger charge is -2.26. The first-order valence-electron chi connectivity index (χ1n) is 6.40. The predicted molar refractivity (Wildman–Crippen MR) is 68.4 cm³/mol. The molecular weight excluding hydrogens is 228 g/mol. The molecule has 0 aromatic heterocycles. The Kier molecular flexibility index (Phi) is 2.58. The molecule has 3 rings (SSSR count). The molecule has 2 fully saturated rings. The van der Waals surface area contributed by atoms with Gasteiger partial charge in [-0.2, -0.15) is 0 Å². The molecule has 0 saturated carbocycles. The monoisotopic (exact) mass is 244 g/mol. The molecule has 2 aliphatic heterocycles. The fraction of sp³-hybridized carbons (Fsp3) is 0.429. The van der Waals surface area contributed by atoms with Crippen LogP contribution in [0.3, 0.4) is 0 Å². The van der Waals surface area contributed by atoms with Crippen molar-refractivity contribution >= 4 is 17.6 Å². The summed E-state index contributed by atoms with van der Waals surface area (Å²) in [6, 6.07) is 7.15. The van der Waals surface area contributed by atoms with Crippen LogP contribution in [0.5, 0.6) is 0 Å². The third-order valence-electron chi connectivity index (χ3n) is 3.80. The van der Waals surface area contributed by atoms with Gasteiger partial charge in [-0.15, -0.1) is 0 Å². The fourth-order valence-electron chi connectivity index (χ4n) is 2.83. The number of carbonyl (C=O) groups is 2. The summed E-state index contributed by atoms with van der Waals surface area (Å²) in [4.78, 5) is 27.8. The molecule has 0 N–H and O–H groups in total. The molecule has 0 aliphatic carbocycles. The van der Waals surface area contributed by atoms with E-state index in [1.807, 2.05) is 31.2 Å². The molecule has 0 unspecified atom stereocenters. The molecule has 2 heterocycles. The van der Waals surface area contributed by atoms with Crippen LogP contribution in [0.2, 0.25) is 0 Å². The van der Waals surface area contributed by atoms with Crippen molar-refractivity contribution in [3.63, 3.8) is 0 Å². The number of hydrogen-bond donors (Lipinski definition) is 0. The van der Waals surface area contributed by atoms with E-state index in [1.165, 1.54) is 4.90 Å². The third-order valence-corrected chi connectivity index (χ3v) is 3.80. The van der Waals surface area contributed by atoms with Gasteiger partial charge in [0.05, 0.1) is 5.69 Å². The Morgan fingerprint density at radius 1 is 1.17 bits per heavy atom. The lowest BCUT2D eigenvalue weighted by atomic mass is 10.0. The second kappa shape index (κ2) is 4.12. The van der Waals surface area contributed by atoms with Gasteiger partial charge in [0, 0.05) is 6.54 Å².